The van der Waals surface area contributed by atoms with Gasteiger partial charge in [-0.25, -0.2) is 14.0 Å². The maximum Gasteiger partial charge on any atom is 0.160 e. The van der Waals surface area contributed by atoms with E-state index in [4.69, 9.17) is 0 Å². The second-order valence-electron chi connectivity index (χ2n) is 5.02. The predicted octanol–water partition coefficient (Wildman–Crippen LogP) is 1.98. The maximum atomic E-state index is 4.38. The van der Waals surface area contributed by atoms with Crippen molar-refractivity contribution < 1.29 is 0 Å². The highest BCUT2D eigenvalue weighted by Gasteiger charge is 2.22. The molecule has 4 rings (SSSR count). The van der Waals surface area contributed by atoms with Crippen LogP contribution in [0.25, 0.3) is 11.5 Å². The molecule has 0 aromatic carbocycles. The van der Waals surface area contributed by atoms with Crippen LogP contribution in [0.3, 0.4) is 0 Å². The second-order valence-corrected chi connectivity index (χ2v) is 5.02. The Hall–Kier alpha value is -3.09. The molecule has 0 atom stereocenters. The molecule has 0 saturated carbocycles. The van der Waals surface area contributed by atoms with Crippen LogP contribution < -0.4 is 0 Å². The molecule has 0 aliphatic heterocycles. The van der Waals surface area contributed by atoms with Gasteiger partial charge >= 0.3 is 0 Å². The quantitative estimate of drug-likeness (QED) is 0.580. The van der Waals surface area contributed by atoms with Crippen molar-refractivity contribution in [2.45, 2.75) is 13.8 Å². The molecule has 22 heavy (non-hydrogen) atoms. The van der Waals surface area contributed by atoms with Crippen molar-refractivity contribution in [3.05, 3.63) is 66.6 Å². The van der Waals surface area contributed by atoms with Gasteiger partial charge in [-0.3, -0.25) is 0 Å². The summed E-state index contributed by atoms with van der Waals surface area (Å²) in [6.45, 7) is 4.12. The molecule has 4 heterocycles. The van der Waals surface area contributed by atoms with Crippen molar-refractivity contribution in [2.75, 3.05) is 0 Å². The monoisotopic (exact) mass is 293 g/mol. The van der Waals surface area contributed by atoms with Crippen LogP contribution in [-0.2, 0) is 0 Å². The Morgan fingerprint density at radius 3 is 2.00 bits per heavy atom. The van der Waals surface area contributed by atoms with Gasteiger partial charge in [-0.05, 0) is 32.0 Å². The van der Waals surface area contributed by atoms with Crippen LogP contribution in [0.1, 0.15) is 11.3 Å². The number of nitrogens with zero attached hydrogens (tertiary/aromatic N) is 7. The molecule has 4 aromatic heterocycles. The molecule has 0 unspecified atom stereocenters. The second kappa shape index (κ2) is 4.73. The van der Waals surface area contributed by atoms with Crippen LogP contribution in [0.2, 0.25) is 0 Å². The van der Waals surface area contributed by atoms with E-state index in [1.807, 2.05) is 50.8 Å². The zero-order chi connectivity index (χ0) is 15.1. The highest BCUT2D eigenvalue weighted by Crippen LogP contribution is 2.27. The summed E-state index contributed by atoms with van der Waals surface area (Å²) >= 11 is 0. The summed E-state index contributed by atoms with van der Waals surface area (Å²) in [6, 6.07) is 5.72. The highest BCUT2D eigenvalue weighted by molar-refractivity contribution is 5.55. The highest BCUT2D eigenvalue weighted by atomic mass is 15.6. The van der Waals surface area contributed by atoms with Crippen molar-refractivity contribution in [3.63, 3.8) is 0 Å². The SMILES string of the molecule is Cc1c(-n2cccn2)c(C)n(-n2cccn2)c1-n1cccn1. The molecular formula is C15H15N7. The largest absolute Gasteiger partial charge is 0.239 e. The molecule has 110 valence electrons. The van der Waals surface area contributed by atoms with E-state index in [9.17, 15) is 0 Å². The van der Waals surface area contributed by atoms with Crippen molar-refractivity contribution >= 4 is 0 Å². The average Bonchev–Trinajstić information content (AvgIpc) is 3.26. The Bertz CT molecular complexity index is 823. The first-order valence-electron chi connectivity index (χ1n) is 6.99. The van der Waals surface area contributed by atoms with E-state index in [0.29, 0.717) is 0 Å². The Kier molecular flexibility index (Phi) is 2.72. The third kappa shape index (κ3) is 1.72. The number of rotatable bonds is 3. The Balaban J connectivity index is 2.07. The third-order valence-corrected chi connectivity index (χ3v) is 3.70. The van der Waals surface area contributed by atoms with Gasteiger partial charge in [0.25, 0.3) is 0 Å². The lowest BCUT2D eigenvalue weighted by Gasteiger charge is -2.11. The van der Waals surface area contributed by atoms with E-state index in [1.165, 1.54) is 0 Å². The summed E-state index contributed by atoms with van der Waals surface area (Å²) in [5, 5.41) is 13.1. The van der Waals surface area contributed by atoms with Gasteiger partial charge in [0.2, 0.25) is 0 Å². The first-order chi connectivity index (χ1) is 10.8. The Morgan fingerprint density at radius 1 is 0.773 bits per heavy atom. The van der Waals surface area contributed by atoms with Crippen molar-refractivity contribution in [3.8, 4) is 11.5 Å². The molecule has 0 saturated heterocycles. The molecular weight excluding hydrogens is 278 g/mol. The van der Waals surface area contributed by atoms with Crippen LogP contribution >= 0.6 is 0 Å². The maximum absolute atomic E-state index is 4.38. The van der Waals surface area contributed by atoms with E-state index < -0.39 is 0 Å². The minimum Gasteiger partial charge on any atom is -0.239 e. The van der Waals surface area contributed by atoms with Crippen LogP contribution in [0.5, 0.6) is 0 Å². The normalized spacial score (nSPS) is 11.2. The average molecular weight is 293 g/mol. The molecule has 7 nitrogen and oxygen atoms in total. The molecule has 4 aromatic rings. The summed E-state index contributed by atoms with van der Waals surface area (Å²) in [6.07, 6.45) is 11.1. The molecule has 0 N–H and O–H groups in total. The van der Waals surface area contributed by atoms with Gasteiger partial charge in [0.1, 0.15) is 0 Å². The molecule has 7 heteroatoms. The van der Waals surface area contributed by atoms with E-state index in [-0.39, 0.29) is 0 Å². The summed E-state index contributed by atoms with van der Waals surface area (Å²) in [7, 11) is 0. The number of hydrogen-bond donors (Lipinski definition) is 0. The van der Waals surface area contributed by atoms with Crippen molar-refractivity contribution in [1.82, 2.24) is 34.1 Å². The summed E-state index contributed by atoms with van der Waals surface area (Å²) in [5.41, 5.74) is 3.15. The summed E-state index contributed by atoms with van der Waals surface area (Å²) < 4.78 is 5.74. The van der Waals surface area contributed by atoms with Crippen molar-refractivity contribution in [1.29, 1.82) is 0 Å². The van der Waals surface area contributed by atoms with Gasteiger partial charge in [-0.2, -0.15) is 20.1 Å². The fourth-order valence-electron chi connectivity index (χ4n) is 2.83. The van der Waals surface area contributed by atoms with Crippen LogP contribution in [-0.4, -0.2) is 34.1 Å². The molecule has 0 aliphatic rings. The minimum atomic E-state index is 0.941. The molecule has 0 bridgehead atoms. The number of aromatic nitrogens is 7. The van der Waals surface area contributed by atoms with E-state index in [1.54, 1.807) is 23.4 Å². The van der Waals surface area contributed by atoms with E-state index in [0.717, 1.165) is 22.8 Å². The van der Waals surface area contributed by atoms with Crippen LogP contribution in [0.15, 0.2) is 55.4 Å². The Morgan fingerprint density at radius 2 is 1.41 bits per heavy atom. The fourth-order valence-corrected chi connectivity index (χ4v) is 2.83. The van der Waals surface area contributed by atoms with Gasteiger partial charge in [-0.1, -0.05) is 0 Å². The Labute approximate surface area is 127 Å². The van der Waals surface area contributed by atoms with Gasteiger partial charge in [0.15, 0.2) is 5.82 Å². The van der Waals surface area contributed by atoms with Gasteiger partial charge in [-0.15, -0.1) is 0 Å². The van der Waals surface area contributed by atoms with Crippen molar-refractivity contribution in [2.24, 2.45) is 0 Å². The first-order valence-corrected chi connectivity index (χ1v) is 6.99. The van der Waals surface area contributed by atoms with Gasteiger partial charge in [0, 0.05) is 36.5 Å². The summed E-state index contributed by atoms with van der Waals surface area (Å²) in [5.74, 6) is 0.941. The zero-order valence-electron chi connectivity index (χ0n) is 12.3. The lowest BCUT2D eigenvalue weighted by Crippen LogP contribution is -2.16. The molecule has 0 amide bonds. The first kappa shape index (κ1) is 12.6. The van der Waals surface area contributed by atoms with E-state index >= 15 is 0 Å². The van der Waals surface area contributed by atoms with Crippen LogP contribution in [0, 0.1) is 13.8 Å². The summed E-state index contributed by atoms with van der Waals surface area (Å²) in [4.78, 5) is 1.80. The fraction of sp³-hybridized carbons (Fsp3) is 0.133. The lowest BCUT2D eigenvalue weighted by atomic mass is 10.2. The molecule has 0 radical (unpaired) electrons. The smallest absolute Gasteiger partial charge is 0.160 e. The predicted molar refractivity (Wildman–Crippen MR) is 81.2 cm³/mol. The van der Waals surface area contributed by atoms with Gasteiger partial charge in [0.05, 0.1) is 17.6 Å². The molecule has 0 aliphatic carbocycles. The molecule has 0 fully saturated rings. The standard InChI is InChI=1S/C15H15N7/c1-12-14(19-9-3-6-16-19)13(2)22(21-11-5-8-18-21)15(12)20-10-4-7-17-20/h3-11H,1-2H3. The van der Waals surface area contributed by atoms with Gasteiger partial charge < -0.3 is 0 Å². The van der Waals surface area contributed by atoms with E-state index in [2.05, 4.69) is 29.1 Å². The van der Waals surface area contributed by atoms with Crippen LogP contribution in [0.4, 0.5) is 0 Å². The molecule has 0 spiro atoms. The number of hydrogen-bond acceptors (Lipinski definition) is 3. The zero-order valence-corrected chi connectivity index (χ0v) is 12.3. The topological polar surface area (TPSA) is 58.4 Å². The lowest BCUT2D eigenvalue weighted by molar-refractivity contribution is 0.540. The minimum absolute atomic E-state index is 0.941. The third-order valence-electron chi connectivity index (χ3n) is 3.70.